The largest absolute Gasteiger partial charge is 0.435 e. The minimum atomic E-state index is -2.74. The van der Waals surface area contributed by atoms with Gasteiger partial charge in [-0.3, -0.25) is 0 Å². The lowest BCUT2D eigenvalue weighted by molar-refractivity contribution is -0.0498. The second-order valence-corrected chi connectivity index (χ2v) is 9.74. The van der Waals surface area contributed by atoms with Crippen LogP contribution in [0.3, 0.4) is 0 Å². The van der Waals surface area contributed by atoms with Gasteiger partial charge in [0, 0.05) is 0 Å². The Labute approximate surface area is 169 Å². The van der Waals surface area contributed by atoms with E-state index in [1.165, 1.54) is 76.2 Å². The van der Waals surface area contributed by atoms with Crippen molar-refractivity contribution >= 4 is 0 Å². The number of benzene rings is 1. The van der Waals surface area contributed by atoms with Gasteiger partial charge in [0.25, 0.3) is 0 Å². The number of hydrogen-bond acceptors (Lipinski definition) is 1. The molecule has 0 amide bonds. The highest BCUT2D eigenvalue weighted by Crippen LogP contribution is 2.50. The summed E-state index contributed by atoms with van der Waals surface area (Å²) < 4.78 is 29.1. The van der Waals surface area contributed by atoms with Gasteiger partial charge in [0.05, 0.1) is 0 Å². The van der Waals surface area contributed by atoms with Crippen LogP contribution in [-0.4, -0.2) is 6.61 Å². The van der Waals surface area contributed by atoms with E-state index in [4.69, 9.17) is 0 Å². The average Bonchev–Trinajstić information content (AvgIpc) is 2.73. The molecule has 28 heavy (non-hydrogen) atoms. The molecule has 0 spiro atoms. The van der Waals surface area contributed by atoms with Crippen molar-refractivity contribution in [2.45, 2.75) is 90.1 Å². The summed E-state index contributed by atoms with van der Waals surface area (Å²) in [6.45, 7) is -0.373. The maximum absolute atomic E-state index is 12.3. The molecule has 3 heteroatoms. The third-order valence-electron chi connectivity index (χ3n) is 8.35. The standard InChI is InChI=1S/C25H36F2O/c1-2-17-3-4-23-16-22(10-9-21(23)15-17)20-7-5-18(6-8-20)19-11-13-24(14-12-19)28-25(26)27/h11-14,17-18,20-23,25H,2-10,15-16H2,1H3. The van der Waals surface area contributed by atoms with E-state index in [9.17, 15) is 8.78 Å². The van der Waals surface area contributed by atoms with Crippen molar-refractivity contribution in [1.82, 2.24) is 0 Å². The van der Waals surface area contributed by atoms with Crippen LogP contribution in [0, 0.1) is 29.6 Å². The summed E-state index contributed by atoms with van der Waals surface area (Å²) in [6, 6.07) is 7.36. The second-order valence-electron chi connectivity index (χ2n) is 9.74. The predicted octanol–water partition coefficient (Wildman–Crippen LogP) is 7.80. The lowest BCUT2D eigenvalue weighted by Crippen LogP contribution is -2.34. The Balaban J connectivity index is 1.26. The molecule has 1 aromatic carbocycles. The lowest BCUT2D eigenvalue weighted by Gasteiger charge is -2.45. The summed E-state index contributed by atoms with van der Waals surface area (Å²) in [5, 5.41) is 0. The van der Waals surface area contributed by atoms with Crippen molar-refractivity contribution in [3.05, 3.63) is 29.8 Å². The first-order valence-electron chi connectivity index (χ1n) is 11.7. The van der Waals surface area contributed by atoms with Crippen molar-refractivity contribution in [3.8, 4) is 5.75 Å². The van der Waals surface area contributed by atoms with Gasteiger partial charge in [-0.25, -0.2) is 0 Å². The van der Waals surface area contributed by atoms with Gasteiger partial charge in [0.15, 0.2) is 0 Å². The molecule has 0 aliphatic heterocycles. The van der Waals surface area contributed by atoms with E-state index < -0.39 is 6.61 Å². The topological polar surface area (TPSA) is 9.23 Å². The molecular weight excluding hydrogens is 354 g/mol. The van der Waals surface area contributed by atoms with Crippen LogP contribution >= 0.6 is 0 Å². The van der Waals surface area contributed by atoms with Crippen LogP contribution < -0.4 is 4.74 Å². The predicted molar refractivity (Wildman–Crippen MR) is 110 cm³/mol. The minimum Gasteiger partial charge on any atom is -0.435 e. The van der Waals surface area contributed by atoms with Gasteiger partial charge in [-0.2, -0.15) is 8.78 Å². The summed E-state index contributed by atoms with van der Waals surface area (Å²) in [5.41, 5.74) is 1.29. The Bertz CT molecular complexity index is 605. The van der Waals surface area contributed by atoms with Gasteiger partial charge in [-0.1, -0.05) is 31.9 Å². The first kappa shape index (κ1) is 20.2. The molecule has 4 unspecified atom stereocenters. The molecule has 4 rings (SSSR count). The highest BCUT2D eigenvalue weighted by atomic mass is 19.3. The van der Waals surface area contributed by atoms with Crippen LogP contribution in [0.1, 0.15) is 89.0 Å². The fourth-order valence-corrected chi connectivity index (χ4v) is 6.67. The van der Waals surface area contributed by atoms with Crippen molar-refractivity contribution in [2.75, 3.05) is 0 Å². The highest BCUT2D eigenvalue weighted by Gasteiger charge is 2.38. The number of hydrogen-bond donors (Lipinski definition) is 0. The minimum absolute atomic E-state index is 0.266. The number of ether oxygens (including phenoxy) is 1. The molecule has 3 aliphatic rings. The summed E-state index contributed by atoms with van der Waals surface area (Å²) in [7, 11) is 0. The van der Waals surface area contributed by atoms with Crippen molar-refractivity contribution < 1.29 is 13.5 Å². The summed E-state index contributed by atoms with van der Waals surface area (Å²) >= 11 is 0. The molecule has 1 aromatic rings. The maximum atomic E-state index is 12.3. The van der Waals surface area contributed by atoms with Gasteiger partial charge in [0.2, 0.25) is 0 Å². The van der Waals surface area contributed by atoms with Crippen LogP contribution in [-0.2, 0) is 0 Å². The van der Waals surface area contributed by atoms with E-state index in [-0.39, 0.29) is 5.75 Å². The summed E-state index contributed by atoms with van der Waals surface area (Å²) in [5.74, 6) is 5.78. The molecule has 3 aliphatic carbocycles. The van der Waals surface area contributed by atoms with E-state index in [0.29, 0.717) is 5.92 Å². The monoisotopic (exact) mass is 390 g/mol. The molecule has 4 atom stereocenters. The Hall–Kier alpha value is -1.12. The third-order valence-corrected chi connectivity index (χ3v) is 8.35. The van der Waals surface area contributed by atoms with Crippen LogP contribution in [0.15, 0.2) is 24.3 Å². The van der Waals surface area contributed by atoms with E-state index in [1.54, 1.807) is 12.1 Å². The summed E-state index contributed by atoms with van der Waals surface area (Å²) in [4.78, 5) is 0. The molecule has 0 saturated heterocycles. The first-order chi connectivity index (χ1) is 13.6. The quantitative estimate of drug-likeness (QED) is 0.498. The van der Waals surface area contributed by atoms with Gasteiger partial charge in [-0.05, 0) is 111 Å². The Kier molecular flexibility index (Phi) is 6.58. The Morgan fingerprint density at radius 1 is 0.786 bits per heavy atom. The molecule has 0 heterocycles. The number of fused-ring (bicyclic) bond motifs is 1. The number of rotatable bonds is 5. The number of alkyl halides is 2. The van der Waals surface area contributed by atoms with E-state index in [2.05, 4.69) is 11.7 Å². The maximum Gasteiger partial charge on any atom is 0.387 e. The molecule has 0 bridgehead atoms. The van der Waals surface area contributed by atoms with E-state index >= 15 is 0 Å². The summed E-state index contributed by atoms with van der Waals surface area (Å²) in [6.07, 6.45) is 15.5. The van der Waals surface area contributed by atoms with Crippen LogP contribution in [0.25, 0.3) is 0 Å². The zero-order valence-corrected chi connectivity index (χ0v) is 17.3. The second kappa shape index (κ2) is 9.13. The fraction of sp³-hybridized carbons (Fsp3) is 0.760. The van der Waals surface area contributed by atoms with Gasteiger partial charge < -0.3 is 4.74 Å². The molecule has 1 nitrogen and oxygen atoms in total. The molecule has 3 fully saturated rings. The molecule has 0 aromatic heterocycles. The molecule has 0 N–H and O–H groups in total. The molecule has 156 valence electrons. The van der Waals surface area contributed by atoms with Gasteiger partial charge in [-0.15, -0.1) is 0 Å². The number of halogens is 2. The lowest BCUT2D eigenvalue weighted by atomic mass is 9.60. The zero-order chi connectivity index (χ0) is 19.5. The van der Waals surface area contributed by atoms with Crippen molar-refractivity contribution in [1.29, 1.82) is 0 Å². The smallest absolute Gasteiger partial charge is 0.387 e. The Morgan fingerprint density at radius 2 is 1.36 bits per heavy atom. The molecule has 0 radical (unpaired) electrons. The highest BCUT2D eigenvalue weighted by molar-refractivity contribution is 5.29. The molecular formula is C25H36F2O. The Morgan fingerprint density at radius 3 is 2.00 bits per heavy atom. The van der Waals surface area contributed by atoms with Crippen LogP contribution in [0.2, 0.25) is 0 Å². The van der Waals surface area contributed by atoms with Crippen molar-refractivity contribution in [3.63, 3.8) is 0 Å². The first-order valence-corrected chi connectivity index (χ1v) is 11.7. The molecule has 3 saturated carbocycles. The van der Waals surface area contributed by atoms with E-state index in [1.807, 2.05) is 12.1 Å². The third kappa shape index (κ3) is 4.71. The zero-order valence-electron chi connectivity index (χ0n) is 17.3. The van der Waals surface area contributed by atoms with Gasteiger partial charge >= 0.3 is 6.61 Å². The SMILES string of the molecule is CCC1CCC2CC(C3CCC(c4ccc(OC(F)F)cc4)CC3)CCC2C1. The van der Waals surface area contributed by atoms with Gasteiger partial charge in [0.1, 0.15) is 5.75 Å². The van der Waals surface area contributed by atoms with Crippen LogP contribution in [0.4, 0.5) is 8.78 Å². The van der Waals surface area contributed by atoms with Crippen molar-refractivity contribution in [2.24, 2.45) is 29.6 Å². The van der Waals surface area contributed by atoms with E-state index in [0.717, 1.165) is 29.6 Å². The fourth-order valence-electron chi connectivity index (χ4n) is 6.67. The normalized spacial score (nSPS) is 36.1. The average molecular weight is 391 g/mol. The van der Waals surface area contributed by atoms with Crippen LogP contribution in [0.5, 0.6) is 5.75 Å².